The van der Waals surface area contributed by atoms with Crippen molar-refractivity contribution in [1.29, 1.82) is 0 Å². The van der Waals surface area contributed by atoms with Gasteiger partial charge in [0.15, 0.2) is 0 Å². The average molecular weight is 324 g/mol. The molecule has 1 aliphatic heterocycles. The molecule has 1 aliphatic rings. The molecule has 2 heteroatoms. The van der Waals surface area contributed by atoms with Gasteiger partial charge in [-0.3, -0.25) is 4.99 Å². The van der Waals surface area contributed by atoms with Crippen LogP contribution < -0.4 is 0 Å². The van der Waals surface area contributed by atoms with E-state index in [1.807, 2.05) is 0 Å². The van der Waals surface area contributed by atoms with Gasteiger partial charge in [0.25, 0.3) is 0 Å². The summed E-state index contributed by atoms with van der Waals surface area (Å²) in [5.41, 5.74) is 7.22. The zero-order chi connectivity index (χ0) is 17.2. The normalized spacial score (nSPS) is 15.6. The van der Waals surface area contributed by atoms with Crippen molar-refractivity contribution in [2.45, 2.75) is 19.3 Å². The second kappa shape index (κ2) is 4.82. The second-order valence-corrected chi connectivity index (χ2v) is 7.38. The van der Waals surface area contributed by atoms with Gasteiger partial charge in [0.1, 0.15) is 0 Å². The molecule has 4 aromatic rings. The third-order valence-corrected chi connectivity index (χ3v) is 5.59. The van der Waals surface area contributed by atoms with Gasteiger partial charge in [-0.05, 0) is 23.3 Å². The minimum absolute atomic E-state index is 0.0954. The summed E-state index contributed by atoms with van der Waals surface area (Å²) < 4.78 is 2.27. The van der Waals surface area contributed by atoms with Crippen molar-refractivity contribution < 1.29 is 0 Å². The van der Waals surface area contributed by atoms with Gasteiger partial charge in [0.2, 0.25) is 0 Å². The predicted molar refractivity (Wildman–Crippen MR) is 106 cm³/mol. The lowest BCUT2D eigenvalue weighted by molar-refractivity contribution is 0.738. The first-order valence-electron chi connectivity index (χ1n) is 8.74. The van der Waals surface area contributed by atoms with Crippen LogP contribution >= 0.6 is 0 Å². The van der Waals surface area contributed by atoms with Crippen molar-refractivity contribution in [3.8, 4) is 0 Å². The molecule has 0 saturated carbocycles. The minimum Gasteiger partial charge on any atom is -0.344 e. The van der Waals surface area contributed by atoms with E-state index in [9.17, 15) is 0 Å². The molecule has 0 aliphatic carbocycles. The summed E-state index contributed by atoms with van der Waals surface area (Å²) >= 11 is 0. The molecule has 2 nitrogen and oxygen atoms in total. The van der Waals surface area contributed by atoms with Gasteiger partial charge in [-0.25, -0.2) is 0 Å². The Balaban J connectivity index is 1.90. The van der Waals surface area contributed by atoms with Gasteiger partial charge in [-0.15, -0.1) is 0 Å². The van der Waals surface area contributed by atoms with Crippen LogP contribution in [-0.4, -0.2) is 10.3 Å². The number of aromatic nitrogens is 1. The Morgan fingerprint density at radius 3 is 2.32 bits per heavy atom. The van der Waals surface area contributed by atoms with E-state index in [0.717, 1.165) is 11.4 Å². The number of aryl methyl sites for hydroxylation is 1. The van der Waals surface area contributed by atoms with E-state index >= 15 is 0 Å². The van der Waals surface area contributed by atoms with Gasteiger partial charge in [-0.1, -0.05) is 68.4 Å². The largest absolute Gasteiger partial charge is 0.344 e. The maximum absolute atomic E-state index is 5.17. The Hall–Kier alpha value is -2.87. The fourth-order valence-electron chi connectivity index (χ4n) is 4.25. The van der Waals surface area contributed by atoms with Gasteiger partial charge in [-0.2, -0.15) is 0 Å². The molecule has 25 heavy (non-hydrogen) atoms. The number of para-hydroxylation sites is 1. The lowest BCUT2D eigenvalue weighted by atomic mass is 9.78. The lowest BCUT2D eigenvalue weighted by Crippen LogP contribution is -2.26. The lowest BCUT2D eigenvalue weighted by Gasteiger charge is -2.22. The van der Waals surface area contributed by atoms with Crippen LogP contribution in [0, 0.1) is 0 Å². The number of rotatable bonds is 1. The van der Waals surface area contributed by atoms with Crippen molar-refractivity contribution in [1.82, 2.24) is 4.57 Å². The number of benzene rings is 3. The van der Waals surface area contributed by atoms with Gasteiger partial charge in [0.05, 0.1) is 16.9 Å². The summed E-state index contributed by atoms with van der Waals surface area (Å²) in [7, 11) is 2.14. The first-order chi connectivity index (χ1) is 12.1. The SMILES string of the molecule is Cn1c2ccccc2c2c3c(ccc21)C(C)(C)C(c1ccccc1)=N3. The molecule has 0 amide bonds. The van der Waals surface area contributed by atoms with E-state index in [4.69, 9.17) is 4.99 Å². The molecule has 0 unspecified atom stereocenters. The highest BCUT2D eigenvalue weighted by Gasteiger charge is 2.37. The van der Waals surface area contributed by atoms with Crippen LogP contribution in [0.2, 0.25) is 0 Å². The van der Waals surface area contributed by atoms with Crippen LogP contribution in [0.1, 0.15) is 25.0 Å². The number of aliphatic imine (C=N–C) groups is 1. The summed E-state index contributed by atoms with van der Waals surface area (Å²) in [4.78, 5) is 5.17. The quantitative estimate of drug-likeness (QED) is 0.424. The van der Waals surface area contributed by atoms with Crippen LogP contribution in [0.3, 0.4) is 0 Å². The highest BCUT2D eigenvalue weighted by Crippen LogP contribution is 2.48. The van der Waals surface area contributed by atoms with Gasteiger partial charge < -0.3 is 4.57 Å². The van der Waals surface area contributed by atoms with Gasteiger partial charge in [0, 0.05) is 28.8 Å². The number of hydrogen-bond acceptors (Lipinski definition) is 1. The van der Waals surface area contributed by atoms with Crippen molar-refractivity contribution in [3.05, 3.63) is 77.9 Å². The van der Waals surface area contributed by atoms with E-state index in [1.54, 1.807) is 0 Å². The molecule has 0 spiro atoms. The summed E-state index contributed by atoms with van der Waals surface area (Å²) in [6.45, 7) is 4.56. The van der Waals surface area contributed by atoms with E-state index < -0.39 is 0 Å². The van der Waals surface area contributed by atoms with Crippen LogP contribution in [0.15, 0.2) is 71.7 Å². The van der Waals surface area contributed by atoms with Crippen LogP contribution in [-0.2, 0) is 12.5 Å². The maximum Gasteiger partial charge on any atom is 0.0775 e. The molecule has 3 aromatic carbocycles. The predicted octanol–water partition coefficient (Wildman–Crippen LogP) is 5.74. The van der Waals surface area contributed by atoms with Crippen molar-refractivity contribution >= 4 is 33.2 Å². The first-order valence-corrected chi connectivity index (χ1v) is 8.74. The number of hydrogen-bond donors (Lipinski definition) is 0. The summed E-state index contributed by atoms with van der Waals surface area (Å²) in [5.74, 6) is 0. The molecule has 0 N–H and O–H groups in total. The maximum atomic E-state index is 5.17. The molecule has 0 fully saturated rings. The highest BCUT2D eigenvalue weighted by atomic mass is 14.9. The third kappa shape index (κ3) is 1.82. The fraction of sp³-hybridized carbons (Fsp3) is 0.174. The van der Waals surface area contributed by atoms with Crippen molar-refractivity contribution in [3.63, 3.8) is 0 Å². The molecule has 0 saturated heterocycles. The summed E-state index contributed by atoms with van der Waals surface area (Å²) in [6.07, 6.45) is 0. The Morgan fingerprint density at radius 1 is 0.800 bits per heavy atom. The van der Waals surface area contributed by atoms with E-state index in [2.05, 4.69) is 92.2 Å². The molecular weight excluding hydrogens is 304 g/mol. The van der Waals surface area contributed by atoms with Gasteiger partial charge >= 0.3 is 0 Å². The molecule has 0 bridgehead atoms. The highest BCUT2D eigenvalue weighted by molar-refractivity contribution is 6.20. The Kier molecular flexibility index (Phi) is 2.79. The molecule has 0 radical (unpaired) electrons. The molecular formula is C23H20N2. The van der Waals surface area contributed by atoms with E-state index in [-0.39, 0.29) is 5.41 Å². The molecule has 122 valence electrons. The molecule has 5 rings (SSSR count). The topological polar surface area (TPSA) is 17.3 Å². The van der Waals surface area contributed by atoms with E-state index in [0.29, 0.717) is 0 Å². The number of nitrogens with zero attached hydrogens (tertiary/aromatic N) is 2. The number of fused-ring (bicyclic) bond motifs is 5. The molecule has 1 aromatic heterocycles. The zero-order valence-electron chi connectivity index (χ0n) is 14.7. The minimum atomic E-state index is -0.0954. The monoisotopic (exact) mass is 324 g/mol. The van der Waals surface area contributed by atoms with Crippen molar-refractivity contribution in [2.75, 3.05) is 0 Å². The van der Waals surface area contributed by atoms with Crippen molar-refractivity contribution in [2.24, 2.45) is 12.0 Å². The smallest absolute Gasteiger partial charge is 0.0775 e. The van der Waals surface area contributed by atoms with Crippen LogP contribution in [0.5, 0.6) is 0 Å². The summed E-state index contributed by atoms with van der Waals surface area (Å²) in [6, 6.07) is 23.7. The second-order valence-electron chi connectivity index (χ2n) is 7.38. The Bertz CT molecular complexity index is 1160. The fourth-order valence-corrected chi connectivity index (χ4v) is 4.25. The summed E-state index contributed by atoms with van der Waals surface area (Å²) in [5, 5.41) is 2.56. The molecule has 0 atom stereocenters. The van der Waals surface area contributed by atoms with Crippen LogP contribution in [0.25, 0.3) is 21.8 Å². The first kappa shape index (κ1) is 14.5. The molecule has 2 heterocycles. The van der Waals surface area contributed by atoms with E-state index in [1.165, 1.54) is 32.9 Å². The van der Waals surface area contributed by atoms with Crippen LogP contribution in [0.4, 0.5) is 5.69 Å². The average Bonchev–Trinajstić information content (AvgIpc) is 3.08. The Morgan fingerprint density at radius 2 is 1.52 bits per heavy atom. The Labute approximate surface area is 147 Å². The zero-order valence-corrected chi connectivity index (χ0v) is 14.7. The third-order valence-electron chi connectivity index (χ3n) is 5.59. The standard InChI is InChI=1S/C23H20N2/c1-23(2)17-13-14-19-20(16-11-7-8-12-18(16)25(19)3)21(17)24-22(23)15-9-5-4-6-10-15/h4-14H,1-3H3.